The van der Waals surface area contributed by atoms with Gasteiger partial charge in [-0.1, -0.05) is 17.3 Å². The van der Waals surface area contributed by atoms with Crippen molar-refractivity contribution in [3.05, 3.63) is 47.1 Å². The summed E-state index contributed by atoms with van der Waals surface area (Å²) in [7, 11) is -3.77. The molecular formula is C20H24FN3O4S. The van der Waals surface area contributed by atoms with Crippen molar-refractivity contribution in [2.24, 2.45) is 5.92 Å². The normalized spacial score (nSPS) is 23.3. The molecule has 2 unspecified atom stereocenters. The van der Waals surface area contributed by atoms with Crippen molar-refractivity contribution in [3.63, 3.8) is 0 Å². The molecule has 156 valence electrons. The molecule has 2 atom stereocenters. The number of sulfonamides is 1. The van der Waals surface area contributed by atoms with Crippen LogP contribution >= 0.6 is 0 Å². The molecule has 3 heterocycles. The number of nitrogens with zero attached hydrogens (tertiary/aromatic N) is 3. The Morgan fingerprint density at radius 2 is 2.07 bits per heavy atom. The molecule has 0 spiro atoms. The average Bonchev–Trinajstić information content (AvgIpc) is 3.20. The van der Waals surface area contributed by atoms with Crippen LogP contribution in [0.1, 0.15) is 36.3 Å². The molecule has 0 bridgehead atoms. The van der Waals surface area contributed by atoms with Gasteiger partial charge in [-0.3, -0.25) is 4.79 Å². The summed E-state index contributed by atoms with van der Waals surface area (Å²) in [5.74, 6) is -0.0544. The average molecular weight is 421 g/mol. The number of likely N-dealkylation sites (tertiary alicyclic amines) is 1. The Bertz CT molecular complexity index is 1020. The molecule has 29 heavy (non-hydrogen) atoms. The standard InChI is InChI=1S/C20H24FN3O4S/c1-13-20(14(2)28-22-13)29(26,27)23-11-16-6-4-8-19(25)24(18(16)12-23)10-15-5-3-7-17(21)9-15/h3,5,7,9,16,18H,4,6,8,10-12H2,1-2H3. The first-order valence-electron chi connectivity index (χ1n) is 9.74. The summed E-state index contributed by atoms with van der Waals surface area (Å²) in [6.07, 6.45) is 1.93. The molecule has 2 aromatic rings. The Balaban J connectivity index is 1.62. The molecule has 2 aliphatic heterocycles. The maximum Gasteiger partial charge on any atom is 0.248 e. The van der Waals surface area contributed by atoms with Crippen LogP contribution < -0.4 is 0 Å². The molecule has 4 rings (SSSR count). The van der Waals surface area contributed by atoms with E-state index in [-0.39, 0.29) is 47.4 Å². The van der Waals surface area contributed by atoms with Crippen LogP contribution in [0.15, 0.2) is 33.7 Å². The molecule has 0 aliphatic carbocycles. The van der Waals surface area contributed by atoms with Crippen molar-refractivity contribution in [2.75, 3.05) is 13.1 Å². The van der Waals surface area contributed by atoms with Gasteiger partial charge in [0.25, 0.3) is 0 Å². The molecule has 7 nitrogen and oxygen atoms in total. The maximum atomic E-state index is 13.6. The van der Waals surface area contributed by atoms with Gasteiger partial charge in [0.15, 0.2) is 5.76 Å². The van der Waals surface area contributed by atoms with Crippen LogP contribution in [0.4, 0.5) is 4.39 Å². The molecule has 2 saturated heterocycles. The van der Waals surface area contributed by atoms with Gasteiger partial charge < -0.3 is 9.42 Å². The first kappa shape index (κ1) is 20.0. The van der Waals surface area contributed by atoms with E-state index < -0.39 is 10.0 Å². The lowest BCUT2D eigenvalue weighted by molar-refractivity contribution is -0.133. The van der Waals surface area contributed by atoms with E-state index in [1.165, 1.54) is 16.4 Å². The number of amides is 1. The maximum absolute atomic E-state index is 13.6. The molecular weight excluding hydrogens is 397 g/mol. The Kier molecular flexibility index (Phi) is 5.20. The SMILES string of the molecule is Cc1noc(C)c1S(=O)(=O)N1CC2CCCC(=O)N(Cc3cccc(F)c3)C2C1. The first-order chi connectivity index (χ1) is 13.8. The van der Waals surface area contributed by atoms with Crippen LogP contribution in [0.5, 0.6) is 0 Å². The van der Waals surface area contributed by atoms with Gasteiger partial charge in [-0.25, -0.2) is 12.8 Å². The summed E-state index contributed by atoms with van der Waals surface area (Å²) in [4.78, 5) is 14.6. The number of halogens is 1. The quantitative estimate of drug-likeness (QED) is 0.758. The monoisotopic (exact) mass is 421 g/mol. The summed E-state index contributed by atoms with van der Waals surface area (Å²) in [6, 6.07) is 5.95. The number of hydrogen-bond donors (Lipinski definition) is 0. The van der Waals surface area contributed by atoms with E-state index in [0.717, 1.165) is 12.8 Å². The van der Waals surface area contributed by atoms with Crippen LogP contribution in [0.25, 0.3) is 0 Å². The third kappa shape index (κ3) is 3.69. The topological polar surface area (TPSA) is 83.7 Å². The van der Waals surface area contributed by atoms with E-state index in [2.05, 4.69) is 5.16 Å². The smallest absolute Gasteiger partial charge is 0.248 e. The van der Waals surface area contributed by atoms with Crippen LogP contribution in [0.2, 0.25) is 0 Å². The second-order valence-electron chi connectivity index (χ2n) is 7.85. The summed E-state index contributed by atoms with van der Waals surface area (Å²) >= 11 is 0. The minimum atomic E-state index is -3.77. The van der Waals surface area contributed by atoms with Crippen molar-refractivity contribution >= 4 is 15.9 Å². The van der Waals surface area contributed by atoms with Crippen molar-refractivity contribution < 1.29 is 22.1 Å². The second-order valence-corrected chi connectivity index (χ2v) is 9.72. The lowest BCUT2D eigenvalue weighted by Crippen LogP contribution is -2.43. The predicted octanol–water partition coefficient (Wildman–Crippen LogP) is 2.63. The number of aromatic nitrogens is 1. The minimum absolute atomic E-state index is 0.0154. The number of carbonyl (C=O) groups excluding carboxylic acids is 1. The van der Waals surface area contributed by atoms with Gasteiger partial charge in [0.1, 0.15) is 16.4 Å². The van der Waals surface area contributed by atoms with E-state index >= 15 is 0 Å². The number of hydrogen-bond acceptors (Lipinski definition) is 5. The zero-order valence-corrected chi connectivity index (χ0v) is 17.3. The molecule has 0 saturated carbocycles. The van der Waals surface area contributed by atoms with Crippen molar-refractivity contribution in [3.8, 4) is 0 Å². The van der Waals surface area contributed by atoms with Crippen LogP contribution in [-0.2, 0) is 21.4 Å². The molecule has 2 fully saturated rings. The van der Waals surface area contributed by atoms with Gasteiger partial charge in [-0.2, -0.15) is 4.31 Å². The molecule has 2 aliphatic rings. The van der Waals surface area contributed by atoms with Crippen LogP contribution in [0, 0.1) is 25.6 Å². The van der Waals surface area contributed by atoms with E-state index in [4.69, 9.17) is 4.52 Å². The molecule has 0 radical (unpaired) electrons. The number of fused-ring (bicyclic) bond motifs is 1. The van der Waals surface area contributed by atoms with E-state index in [0.29, 0.717) is 24.2 Å². The van der Waals surface area contributed by atoms with E-state index in [9.17, 15) is 17.6 Å². The van der Waals surface area contributed by atoms with Gasteiger partial charge in [0.05, 0.1) is 0 Å². The fraction of sp³-hybridized carbons (Fsp3) is 0.500. The lowest BCUT2D eigenvalue weighted by atomic mass is 9.98. The lowest BCUT2D eigenvalue weighted by Gasteiger charge is -2.30. The van der Waals surface area contributed by atoms with E-state index in [1.807, 2.05) is 0 Å². The second kappa shape index (κ2) is 7.53. The van der Waals surface area contributed by atoms with Gasteiger partial charge in [-0.05, 0) is 50.3 Å². The minimum Gasteiger partial charge on any atom is -0.360 e. The largest absolute Gasteiger partial charge is 0.360 e. The van der Waals surface area contributed by atoms with Gasteiger partial charge in [0.2, 0.25) is 15.9 Å². The summed E-state index contributed by atoms with van der Waals surface area (Å²) in [5, 5.41) is 3.77. The third-order valence-electron chi connectivity index (χ3n) is 5.87. The molecule has 9 heteroatoms. The van der Waals surface area contributed by atoms with Crippen LogP contribution in [-0.4, -0.2) is 47.8 Å². The fourth-order valence-electron chi connectivity index (χ4n) is 4.50. The van der Waals surface area contributed by atoms with Crippen molar-refractivity contribution in [1.29, 1.82) is 0 Å². The zero-order valence-electron chi connectivity index (χ0n) is 16.5. The molecule has 1 aromatic carbocycles. The Morgan fingerprint density at radius 3 is 2.76 bits per heavy atom. The zero-order chi connectivity index (χ0) is 20.8. The number of aryl methyl sites for hydroxylation is 2. The van der Waals surface area contributed by atoms with E-state index in [1.54, 1.807) is 30.9 Å². The van der Waals surface area contributed by atoms with Gasteiger partial charge in [0, 0.05) is 32.1 Å². The first-order valence-corrected chi connectivity index (χ1v) is 11.2. The summed E-state index contributed by atoms with van der Waals surface area (Å²) < 4.78 is 46.6. The summed E-state index contributed by atoms with van der Waals surface area (Å²) in [5.41, 5.74) is 1.04. The van der Waals surface area contributed by atoms with Gasteiger partial charge >= 0.3 is 0 Å². The predicted molar refractivity (Wildman–Crippen MR) is 103 cm³/mol. The van der Waals surface area contributed by atoms with Crippen LogP contribution in [0.3, 0.4) is 0 Å². The highest BCUT2D eigenvalue weighted by Gasteiger charge is 2.45. The molecule has 1 aromatic heterocycles. The van der Waals surface area contributed by atoms with Gasteiger partial charge in [-0.15, -0.1) is 0 Å². The Labute approximate surface area is 169 Å². The van der Waals surface area contributed by atoms with Crippen molar-refractivity contribution in [2.45, 2.75) is 50.6 Å². The fourth-order valence-corrected chi connectivity index (χ4v) is 6.31. The molecule has 0 N–H and O–H groups in total. The number of rotatable bonds is 4. The highest BCUT2D eigenvalue weighted by molar-refractivity contribution is 7.89. The highest BCUT2D eigenvalue weighted by atomic mass is 32.2. The number of carbonyl (C=O) groups is 1. The molecule has 1 amide bonds. The third-order valence-corrected chi connectivity index (χ3v) is 7.94. The number of benzene rings is 1. The summed E-state index contributed by atoms with van der Waals surface area (Å²) in [6.45, 7) is 4.04. The van der Waals surface area contributed by atoms with Crippen molar-refractivity contribution in [1.82, 2.24) is 14.4 Å². The Morgan fingerprint density at radius 1 is 1.28 bits per heavy atom. The highest BCUT2D eigenvalue weighted by Crippen LogP contribution is 2.35. The Hall–Kier alpha value is -2.26.